The Hall–Kier alpha value is -4.37. The lowest BCUT2D eigenvalue weighted by molar-refractivity contribution is -0.111. The van der Waals surface area contributed by atoms with Crippen molar-refractivity contribution in [3.63, 3.8) is 0 Å². The van der Waals surface area contributed by atoms with E-state index in [0.717, 1.165) is 42.8 Å². The van der Waals surface area contributed by atoms with E-state index in [4.69, 9.17) is 4.74 Å². The van der Waals surface area contributed by atoms with E-state index in [2.05, 4.69) is 61.1 Å². The van der Waals surface area contributed by atoms with Gasteiger partial charge in [-0.15, -0.1) is 0 Å². The molecule has 2 aromatic carbocycles. The lowest BCUT2D eigenvalue weighted by Gasteiger charge is -2.34. The lowest BCUT2D eigenvalue weighted by atomic mass is 10.2. The quantitative estimate of drug-likeness (QED) is 0.328. The number of rotatable bonds is 7. The highest BCUT2D eigenvalue weighted by atomic mass is 16.5. The van der Waals surface area contributed by atoms with Crippen LogP contribution >= 0.6 is 0 Å². The summed E-state index contributed by atoms with van der Waals surface area (Å²) in [4.78, 5) is 28.8. The van der Waals surface area contributed by atoms with Crippen molar-refractivity contribution in [1.82, 2.24) is 19.9 Å². The van der Waals surface area contributed by atoms with E-state index in [1.807, 2.05) is 25.3 Å². The van der Waals surface area contributed by atoms with Crippen molar-refractivity contribution in [2.24, 2.45) is 0 Å². The number of H-pyrrole nitrogens is 1. The molecule has 0 spiro atoms. The molecule has 1 saturated heterocycles. The molecule has 4 aromatic rings. The van der Waals surface area contributed by atoms with Gasteiger partial charge in [0.25, 0.3) is 0 Å². The lowest BCUT2D eigenvalue weighted by Crippen LogP contribution is -2.44. The third kappa shape index (κ3) is 5.16. The smallest absolute Gasteiger partial charge is 0.247 e. The highest BCUT2D eigenvalue weighted by molar-refractivity contribution is 5.98. The van der Waals surface area contributed by atoms with E-state index in [1.54, 1.807) is 24.3 Å². The minimum Gasteiger partial charge on any atom is -0.438 e. The van der Waals surface area contributed by atoms with E-state index in [0.29, 0.717) is 28.9 Å². The summed E-state index contributed by atoms with van der Waals surface area (Å²) in [5, 5.41) is 6.84. The molecule has 1 fully saturated rings. The molecule has 0 unspecified atom stereocenters. The number of likely N-dealkylation sites (N-methyl/N-ethyl adjacent to an activating group) is 1. The number of nitrogens with one attached hydrogen (secondary N) is 3. The summed E-state index contributed by atoms with van der Waals surface area (Å²) in [6.07, 6.45) is 3.11. The zero-order valence-corrected chi connectivity index (χ0v) is 20.4. The summed E-state index contributed by atoms with van der Waals surface area (Å²) in [5.74, 6) is 1.20. The Kier molecular flexibility index (Phi) is 6.55. The zero-order valence-electron chi connectivity index (χ0n) is 20.4. The average Bonchev–Trinajstić information content (AvgIpc) is 3.27. The van der Waals surface area contributed by atoms with Crippen molar-refractivity contribution in [2.45, 2.75) is 6.92 Å². The molecule has 36 heavy (non-hydrogen) atoms. The second-order valence-corrected chi connectivity index (χ2v) is 8.83. The molecule has 9 nitrogen and oxygen atoms in total. The predicted octanol–water partition coefficient (Wildman–Crippen LogP) is 4.68. The third-order valence-electron chi connectivity index (χ3n) is 6.21. The molecule has 9 heteroatoms. The predicted molar refractivity (Wildman–Crippen MR) is 143 cm³/mol. The summed E-state index contributed by atoms with van der Waals surface area (Å²) in [6.45, 7) is 9.63. The Balaban J connectivity index is 1.35. The number of aromatic nitrogens is 3. The molecule has 1 amide bonds. The highest BCUT2D eigenvalue weighted by Crippen LogP contribution is 2.32. The normalized spacial score (nSPS) is 14.0. The SMILES string of the molecule is C=CC(=O)Nc1ccc(Oc2nc(Nc3ccc(N4CCN(C)CC4)cc3)nc3[nH]cc(C)c23)cc1. The van der Waals surface area contributed by atoms with E-state index in [-0.39, 0.29) is 5.91 Å². The standard InChI is InChI=1S/C27H29N7O2/c1-4-23(35)29-19-7-11-22(12-8-19)36-26-24-18(2)17-28-25(24)31-27(32-26)30-20-5-9-21(10-6-20)34-15-13-33(3)14-16-34/h4-12,17H,1,13-16H2,2-3H3,(H,29,35)(H2,28,30,31,32). The molecule has 0 aliphatic carbocycles. The molecule has 2 aromatic heterocycles. The second-order valence-electron chi connectivity index (χ2n) is 8.83. The van der Waals surface area contributed by atoms with Crippen LogP contribution in [-0.4, -0.2) is 59.0 Å². The molecule has 0 bridgehead atoms. The summed E-state index contributed by atoms with van der Waals surface area (Å²) < 4.78 is 6.15. The monoisotopic (exact) mass is 483 g/mol. The number of nitrogens with zero attached hydrogens (tertiary/aromatic N) is 4. The van der Waals surface area contributed by atoms with Gasteiger partial charge < -0.3 is 30.2 Å². The van der Waals surface area contributed by atoms with Gasteiger partial charge in [-0.2, -0.15) is 9.97 Å². The van der Waals surface area contributed by atoms with Crippen LogP contribution in [0.1, 0.15) is 5.56 Å². The van der Waals surface area contributed by atoms with Gasteiger partial charge in [-0.05, 0) is 74.1 Å². The molecule has 3 heterocycles. The number of aryl methyl sites for hydroxylation is 1. The molecule has 0 radical (unpaired) electrons. The van der Waals surface area contributed by atoms with Crippen LogP contribution in [0.25, 0.3) is 11.0 Å². The Bertz CT molecular complexity index is 1370. The molecule has 0 saturated carbocycles. The van der Waals surface area contributed by atoms with Crippen molar-refractivity contribution < 1.29 is 9.53 Å². The number of hydrogen-bond acceptors (Lipinski definition) is 7. The first-order valence-electron chi connectivity index (χ1n) is 11.9. The number of carbonyl (C=O) groups is 1. The third-order valence-corrected chi connectivity index (χ3v) is 6.21. The number of aromatic amines is 1. The van der Waals surface area contributed by atoms with E-state index < -0.39 is 0 Å². The van der Waals surface area contributed by atoms with Gasteiger partial charge in [-0.25, -0.2) is 0 Å². The van der Waals surface area contributed by atoms with E-state index in [9.17, 15) is 4.79 Å². The van der Waals surface area contributed by atoms with Gasteiger partial charge in [0.05, 0.1) is 5.39 Å². The summed E-state index contributed by atoms with van der Waals surface area (Å²) in [7, 11) is 2.16. The van der Waals surface area contributed by atoms with E-state index >= 15 is 0 Å². The number of hydrogen-bond donors (Lipinski definition) is 3. The largest absolute Gasteiger partial charge is 0.438 e. The minimum absolute atomic E-state index is 0.267. The van der Waals surface area contributed by atoms with Gasteiger partial charge in [0.1, 0.15) is 11.4 Å². The maximum atomic E-state index is 11.5. The number of fused-ring (bicyclic) bond motifs is 1. The fourth-order valence-electron chi connectivity index (χ4n) is 4.14. The van der Waals surface area contributed by atoms with Gasteiger partial charge in [0.2, 0.25) is 17.7 Å². The molecular weight excluding hydrogens is 454 g/mol. The van der Waals surface area contributed by atoms with Gasteiger partial charge in [0, 0.05) is 49.4 Å². The molecular formula is C27H29N7O2. The van der Waals surface area contributed by atoms with Crippen LogP contribution in [0.4, 0.5) is 23.0 Å². The maximum Gasteiger partial charge on any atom is 0.247 e. The number of anilines is 4. The average molecular weight is 484 g/mol. The summed E-state index contributed by atoms with van der Waals surface area (Å²) in [6, 6.07) is 15.4. The Morgan fingerprint density at radius 2 is 1.72 bits per heavy atom. The topological polar surface area (TPSA) is 98.4 Å². The summed E-state index contributed by atoms with van der Waals surface area (Å²) in [5.41, 5.74) is 4.42. The van der Waals surface area contributed by atoms with Crippen LogP contribution in [0.2, 0.25) is 0 Å². The fourth-order valence-corrected chi connectivity index (χ4v) is 4.14. The molecule has 1 aliphatic rings. The molecule has 5 rings (SSSR count). The van der Waals surface area contributed by atoms with Crippen LogP contribution in [0, 0.1) is 6.92 Å². The van der Waals surface area contributed by atoms with Crippen LogP contribution in [0.5, 0.6) is 11.6 Å². The first-order chi connectivity index (χ1) is 17.5. The van der Waals surface area contributed by atoms with Gasteiger partial charge in [0.15, 0.2) is 0 Å². The number of carbonyl (C=O) groups excluding carboxylic acids is 1. The first kappa shape index (κ1) is 23.4. The maximum absolute atomic E-state index is 11.5. The highest BCUT2D eigenvalue weighted by Gasteiger charge is 2.16. The van der Waals surface area contributed by atoms with E-state index in [1.165, 1.54) is 11.8 Å². The van der Waals surface area contributed by atoms with Crippen molar-refractivity contribution >= 4 is 40.0 Å². The van der Waals surface area contributed by atoms with Gasteiger partial charge >= 0.3 is 0 Å². The Morgan fingerprint density at radius 1 is 1.03 bits per heavy atom. The molecule has 3 N–H and O–H groups in total. The fraction of sp³-hybridized carbons (Fsp3) is 0.222. The first-order valence-corrected chi connectivity index (χ1v) is 11.9. The molecule has 0 atom stereocenters. The second kappa shape index (κ2) is 10.1. The molecule has 1 aliphatic heterocycles. The Labute approximate surface area is 209 Å². The number of amides is 1. The van der Waals surface area contributed by atoms with Gasteiger partial charge in [-0.3, -0.25) is 4.79 Å². The summed E-state index contributed by atoms with van der Waals surface area (Å²) >= 11 is 0. The van der Waals surface area contributed by atoms with Crippen molar-refractivity contribution in [3.05, 3.63) is 72.9 Å². The van der Waals surface area contributed by atoms with Crippen molar-refractivity contribution in [1.29, 1.82) is 0 Å². The number of piperazine rings is 1. The molecule has 184 valence electrons. The number of ether oxygens (including phenoxy) is 1. The Morgan fingerprint density at radius 3 is 2.42 bits per heavy atom. The van der Waals surface area contributed by atoms with Crippen LogP contribution in [0.15, 0.2) is 67.4 Å². The van der Waals surface area contributed by atoms with Crippen LogP contribution < -0.4 is 20.3 Å². The zero-order chi connectivity index (χ0) is 25.1. The van der Waals surface area contributed by atoms with Crippen molar-refractivity contribution in [2.75, 3.05) is 48.8 Å². The van der Waals surface area contributed by atoms with Gasteiger partial charge in [-0.1, -0.05) is 6.58 Å². The van der Waals surface area contributed by atoms with Crippen LogP contribution in [0.3, 0.4) is 0 Å². The van der Waals surface area contributed by atoms with Crippen LogP contribution in [-0.2, 0) is 4.79 Å². The van der Waals surface area contributed by atoms with Crippen molar-refractivity contribution in [3.8, 4) is 11.6 Å². The minimum atomic E-state index is -0.267. The number of benzene rings is 2.